The number of hydrogen-bond acceptors (Lipinski definition) is 5. The molecule has 1 aliphatic carbocycles. The van der Waals surface area contributed by atoms with E-state index in [2.05, 4.69) is 46.5 Å². The van der Waals surface area contributed by atoms with Crippen LogP contribution in [0.15, 0.2) is 70.6 Å². The van der Waals surface area contributed by atoms with Gasteiger partial charge in [-0.05, 0) is 50.8 Å². The van der Waals surface area contributed by atoms with Crippen molar-refractivity contribution in [2.75, 3.05) is 17.7 Å². The summed E-state index contributed by atoms with van der Waals surface area (Å²) in [6.45, 7) is 6.28. The van der Waals surface area contributed by atoms with E-state index in [-0.39, 0.29) is 17.8 Å². The smallest absolute Gasteiger partial charge is 0.163 e. The molecule has 4 bridgehead atoms. The van der Waals surface area contributed by atoms with Gasteiger partial charge >= 0.3 is 0 Å². The number of rotatable bonds is 0. The van der Waals surface area contributed by atoms with Crippen LogP contribution < -0.4 is 10.6 Å². The normalized spacial score (nSPS) is 29.4. The predicted octanol–water partition coefficient (Wildman–Crippen LogP) is 5.42. The highest BCUT2D eigenvalue weighted by atomic mass is 32.2. The molecule has 0 unspecified atom stereocenters. The first kappa shape index (κ1) is 20.7. The van der Waals surface area contributed by atoms with Gasteiger partial charge in [0.15, 0.2) is 5.83 Å². The molecular weight excluding hydrogens is 373 g/mol. The fourth-order valence-electron chi connectivity index (χ4n) is 3.30. The average Bonchev–Trinajstić information content (AvgIpc) is 2.69. The van der Waals surface area contributed by atoms with E-state index in [4.69, 9.17) is 4.74 Å². The maximum absolute atomic E-state index is 14.3. The summed E-state index contributed by atoms with van der Waals surface area (Å²) in [5.74, 6) is 1.08. The van der Waals surface area contributed by atoms with Crippen LogP contribution in [0.3, 0.4) is 0 Å². The number of halogens is 1. The Morgan fingerprint density at radius 2 is 2.04 bits per heavy atom. The van der Waals surface area contributed by atoms with E-state index in [1.54, 1.807) is 11.8 Å². The lowest BCUT2D eigenvalue weighted by atomic mass is 9.93. The number of fused-ring (bicyclic) bond motifs is 10. The number of allylic oxidation sites excluding steroid dienone is 1. The fraction of sp³-hybridized carbons (Fsp3) is 0.409. The van der Waals surface area contributed by atoms with Gasteiger partial charge in [0, 0.05) is 22.4 Å². The van der Waals surface area contributed by atoms with E-state index in [0.717, 1.165) is 42.0 Å². The van der Waals surface area contributed by atoms with Gasteiger partial charge in [0.25, 0.3) is 0 Å². The maximum Gasteiger partial charge on any atom is 0.163 e. The summed E-state index contributed by atoms with van der Waals surface area (Å²) in [4.78, 5) is 5.35. The van der Waals surface area contributed by atoms with Gasteiger partial charge < -0.3 is 15.4 Å². The first-order valence-electron chi connectivity index (χ1n) is 9.72. The van der Waals surface area contributed by atoms with Crippen LogP contribution in [-0.4, -0.2) is 30.3 Å². The molecule has 1 fully saturated rings. The van der Waals surface area contributed by atoms with Crippen molar-refractivity contribution in [3.63, 3.8) is 0 Å². The molecule has 4 nitrogen and oxygen atoms in total. The standard InChI is InChI=1S/C22H28FN3OS/c1-16-22(23)15-24-17(2)26-19-6-5-7-21(14-19)28-13-4-3-12-27-20-10-8-18(25-16)9-11-20/h3-7,14-15,18,20,25H,1,8-13H2,2H3,(H,24,26)/b4-3-,22-15+. The van der Waals surface area contributed by atoms with Gasteiger partial charge in [-0.25, -0.2) is 9.38 Å². The lowest BCUT2D eigenvalue weighted by Crippen LogP contribution is -2.34. The van der Waals surface area contributed by atoms with Crippen LogP contribution >= 0.6 is 11.8 Å². The second-order valence-corrected chi connectivity index (χ2v) is 8.15. The van der Waals surface area contributed by atoms with Crippen molar-refractivity contribution in [2.45, 2.75) is 49.6 Å². The summed E-state index contributed by atoms with van der Waals surface area (Å²) in [6, 6.07) is 8.33. The van der Waals surface area contributed by atoms with Crippen molar-refractivity contribution < 1.29 is 9.13 Å². The van der Waals surface area contributed by atoms with E-state index >= 15 is 0 Å². The zero-order valence-electron chi connectivity index (χ0n) is 16.3. The topological polar surface area (TPSA) is 45.6 Å². The average molecular weight is 402 g/mol. The molecule has 2 aliphatic heterocycles. The van der Waals surface area contributed by atoms with Crippen molar-refractivity contribution in [2.24, 2.45) is 4.99 Å². The summed E-state index contributed by atoms with van der Waals surface area (Å²) in [5.41, 5.74) is 1.22. The summed E-state index contributed by atoms with van der Waals surface area (Å²) in [5, 5.41) is 6.40. The number of amidine groups is 1. The second-order valence-electron chi connectivity index (χ2n) is 7.06. The number of nitrogens with one attached hydrogen (secondary N) is 2. The third-order valence-electron chi connectivity index (χ3n) is 4.81. The molecule has 0 radical (unpaired) electrons. The van der Waals surface area contributed by atoms with Gasteiger partial charge in [0.05, 0.1) is 24.6 Å². The van der Waals surface area contributed by atoms with Crippen LogP contribution in [0.4, 0.5) is 10.1 Å². The Bertz CT molecular complexity index is 767. The molecule has 2 heterocycles. The minimum absolute atomic E-state index is 0.231. The van der Waals surface area contributed by atoms with Gasteiger partial charge in [-0.1, -0.05) is 24.8 Å². The highest BCUT2D eigenvalue weighted by Crippen LogP contribution is 2.24. The predicted molar refractivity (Wildman–Crippen MR) is 117 cm³/mol. The highest BCUT2D eigenvalue weighted by molar-refractivity contribution is 7.99. The lowest BCUT2D eigenvalue weighted by Gasteiger charge is -2.29. The van der Waals surface area contributed by atoms with Gasteiger partial charge in [-0.3, -0.25) is 0 Å². The van der Waals surface area contributed by atoms with Gasteiger partial charge in [0.2, 0.25) is 0 Å². The number of anilines is 1. The SMILES string of the molecule is C=C1NC2CCC(CC2)OC/C=C\CSc2cccc(c2)N/C(C)=N/C=C\1F. The number of thioether (sulfide) groups is 1. The largest absolute Gasteiger partial charge is 0.380 e. The fourth-order valence-corrected chi connectivity index (χ4v) is 4.11. The molecule has 0 atom stereocenters. The summed E-state index contributed by atoms with van der Waals surface area (Å²) < 4.78 is 20.3. The van der Waals surface area contributed by atoms with Gasteiger partial charge in [-0.15, -0.1) is 11.8 Å². The Morgan fingerprint density at radius 1 is 1.21 bits per heavy atom. The monoisotopic (exact) mass is 401 g/mol. The van der Waals surface area contributed by atoms with Gasteiger partial charge in [-0.2, -0.15) is 0 Å². The minimum atomic E-state index is -0.441. The molecule has 6 heteroatoms. The quantitative estimate of drug-likeness (QED) is 0.570. The van der Waals surface area contributed by atoms with Crippen LogP contribution in [0, 0.1) is 0 Å². The maximum atomic E-state index is 14.3. The van der Waals surface area contributed by atoms with E-state index in [9.17, 15) is 4.39 Å². The van der Waals surface area contributed by atoms with Crippen LogP contribution in [0.2, 0.25) is 0 Å². The molecule has 1 saturated carbocycles. The van der Waals surface area contributed by atoms with Crippen LogP contribution in [0.25, 0.3) is 0 Å². The molecular formula is C22H28FN3OS. The lowest BCUT2D eigenvalue weighted by molar-refractivity contribution is 0.0404. The zero-order valence-corrected chi connectivity index (χ0v) is 17.1. The molecule has 1 aromatic rings. The number of aliphatic imine (C=N–C) groups is 1. The summed E-state index contributed by atoms with van der Waals surface area (Å²) in [7, 11) is 0. The molecule has 28 heavy (non-hydrogen) atoms. The van der Waals surface area contributed by atoms with Crippen molar-refractivity contribution in [3.05, 3.63) is 60.7 Å². The van der Waals surface area contributed by atoms with E-state index in [1.807, 2.05) is 19.1 Å². The Hall–Kier alpha value is -2.05. The van der Waals surface area contributed by atoms with E-state index in [1.165, 1.54) is 6.20 Å². The van der Waals surface area contributed by atoms with Crippen molar-refractivity contribution in [1.29, 1.82) is 0 Å². The zero-order chi connectivity index (χ0) is 19.8. The number of hydrogen-bond donors (Lipinski definition) is 2. The first-order valence-corrected chi connectivity index (χ1v) is 10.7. The highest BCUT2D eigenvalue weighted by Gasteiger charge is 2.22. The molecule has 0 aromatic heterocycles. The number of ether oxygens (including phenoxy) is 1. The molecule has 4 rings (SSSR count). The molecule has 150 valence electrons. The van der Waals surface area contributed by atoms with E-state index < -0.39 is 5.83 Å². The minimum Gasteiger partial charge on any atom is -0.380 e. The van der Waals surface area contributed by atoms with Crippen LogP contribution in [0.1, 0.15) is 32.6 Å². The molecule has 1 aromatic carbocycles. The molecule has 3 aliphatic rings. The van der Waals surface area contributed by atoms with Crippen LogP contribution in [-0.2, 0) is 4.74 Å². The number of benzene rings is 1. The first-order chi connectivity index (χ1) is 13.6. The summed E-state index contributed by atoms with van der Waals surface area (Å²) in [6.07, 6.45) is 9.61. The Labute approximate surface area is 171 Å². The third-order valence-corrected chi connectivity index (χ3v) is 5.76. The van der Waals surface area contributed by atoms with E-state index in [0.29, 0.717) is 12.4 Å². The Morgan fingerprint density at radius 3 is 2.86 bits per heavy atom. The summed E-state index contributed by atoms with van der Waals surface area (Å²) >= 11 is 1.76. The Kier molecular flexibility index (Phi) is 7.74. The molecule has 0 amide bonds. The number of nitrogens with zero attached hydrogens (tertiary/aromatic N) is 1. The van der Waals surface area contributed by atoms with Gasteiger partial charge in [0.1, 0.15) is 5.84 Å². The molecule has 0 saturated heterocycles. The van der Waals surface area contributed by atoms with Crippen molar-refractivity contribution in [3.8, 4) is 0 Å². The van der Waals surface area contributed by atoms with Crippen molar-refractivity contribution in [1.82, 2.24) is 5.32 Å². The second kappa shape index (κ2) is 10.5. The van der Waals surface area contributed by atoms with Crippen molar-refractivity contribution >= 4 is 23.3 Å². The Balaban J connectivity index is 1.73. The molecule has 0 spiro atoms. The third kappa shape index (κ3) is 6.53. The molecule has 2 N–H and O–H groups in total. The van der Waals surface area contributed by atoms with Crippen LogP contribution in [0.5, 0.6) is 0 Å².